The van der Waals surface area contributed by atoms with Gasteiger partial charge >= 0.3 is 0 Å². The summed E-state index contributed by atoms with van der Waals surface area (Å²) in [6.07, 6.45) is 1.13. The molecular weight excluding hydrogens is 210 g/mol. The van der Waals surface area contributed by atoms with Gasteiger partial charge in [-0.3, -0.25) is 0 Å². The highest BCUT2D eigenvalue weighted by molar-refractivity contribution is 5.30. The molecular formula is C14H25N3. The average molecular weight is 235 g/mol. The summed E-state index contributed by atoms with van der Waals surface area (Å²) < 4.78 is 0. The van der Waals surface area contributed by atoms with Crippen LogP contribution in [0.1, 0.15) is 58.3 Å². The van der Waals surface area contributed by atoms with Crippen LogP contribution in [0.4, 0.5) is 5.95 Å². The van der Waals surface area contributed by atoms with Crippen molar-refractivity contribution in [1.82, 2.24) is 9.97 Å². The van der Waals surface area contributed by atoms with Crippen LogP contribution in [0.2, 0.25) is 0 Å². The minimum absolute atomic E-state index is 0.414. The summed E-state index contributed by atoms with van der Waals surface area (Å²) in [5, 5.41) is 3.39. The van der Waals surface area contributed by atoms with Crippen molar-refractivity contribution in [2.24, 2.45) is 5.92 Å². The van der Waals surface area contributed by atoms with Crippen molar-refractivity contribution in [3.05, 3.63) is 17.5 Å². The fourth-order valence-electron chi connectivity index (χ4n) is 1.94. The van der Waals surface area contributed by atoms with E-state index in [0.29, 0.717) is 17.9 Å². The van der Waals surface area contributed by atoms with Crippen molar-refractivity contribution in [2.75, 3.05) is 5.32 Å². The topological polar surface area (TPSA) is 37.8 Å². The van der Waals surface area contributed by atoms with E-state index in [4.69, 9.17) is 0 Å². The number of hydrogen-bond acceptors (Lipinski definition) is 3. The highest BCUT2D eigenvalue weighted by Gasteiger charge is 2.09. The van der Waals surface area contributed by atoms with E-state index < -0.39 is 0 Å². The fraction of sp³-hybridized carbons (Fsp3) is 0.714. The summed E-state index contributed by atoms with van der Waals surface area (Å²) in [7, 11) is 0. The van der Waals surface area contributed by atoms with E-state index in [1.807, 2.05) is 6.92 Å². The third kappa shape index (κ3) is 4.72. The van der Waals surface area contributed by atoms with Crippen LogP contribution in [0.25, 0.3) is 0 Å². The molecule has 1 unspecified atom stereocenters. The minimum atomic E-state index is 0.414. The van der Waals surface area contributed by atoms with Crippen molar-refractivity contribution in [1.29, 1.82) is 0 Å². The molecule has 0 fully saturated rings. The zero-order valence-electron chi connectivity index (χ0n) is 11.9. The number of nitrogens with one attached hydrogen (secondary N) is 1. The molecule has 1 heterocycles. The average Bonchev–Trinajstić information content (AvgIpc) is 2.14. The molecule has 0 aromatic carbocycles. The second-order valence-corrected chi connectivity index (χ2v) is 5.59. The summed E-state index contributed by atoms with van der Waals surface area (Å²) in [6, 6.07) is 2.47. The van der Waals surface area contributed by atoms with Gasteiger partial charge in [-0.15, -0.1) is 0 Å². The van der Waals surface area contributed by atoms with Crippen molar-refractivity contribution < 1.29 is 0 Å². The predicted molar refractivity (Wildman–Crippen MR) is 73.4 cm³/mol. The number of hydrogen-bond donors (Lipinski definition) is 1. The summed E-state index contributed by atoms with van der Waals surface area (Å²) in [4.78, 5) is 9.00. The van der Waals surface area contributed by atoms with E-state index in [0.717, 1.165) is 23.8 Å². The first-order chi connectivity index (χ1) is 7.88. The lowest BCUT2D eigenvalue weighted by Gasteiger charge is -2.17. The van der Waals surface area contributed by atoms with Crippen molar-refractivity contribution in [3.63, 3.8) is 0 Å². The van der Waals surface area contributed by atoms with E-state index >= 15 is 0 Å². The molecule has 0 aliphatic heterocycles. The Labute approximate surface area is 105 Å². The zero-order chi connectivity index (χ0) is 13.0. The van der Waals surface area contributed by atoms with E-state index in [9.17, 15) is 0 Å². The van der Waals surface area contributed by atoms with Crippen molar-refractivity contribution in [2.45, 2.75) is 59.9 Å². The predicted octanol–water partition coefficient (Wildman–Crippen LogP) is 3.75. The van der Waals surface area contributed by atoms with E-state index in [1.165, 1.54) is 0 Å². The molecule has 0 amide bonds. The standard InChI is InChI=1S/C14H25N3/c1-9(2)7-11(5)15-14-16-12(6)8-13(17-14)10(3)4/h8-11H,7H2,1-6H3,(H,15,16,17). The van der Waals surface area contributed by atoms with Crippen molar-refractivity contribution >= 4 is 5.95 Å². The van der Waals surface area contributed by atoms with Gasteiger partial charge in [-0.05, 0) is 38.2 Å². The highest BCUT2D eigenvalue weighted by atomic mass is 15.1. The van der Waals surface area contributed by atoms with Gasteiger partial charge in [0.05, 0.1) is 0 Å². The van der Waals surface area contributed by atoms with E-state index in [-0.39, 0.29) is 0 Å². The molecule has 3 nitrogen and oxygen atoms in total. The maximum atomic E-state index is 4.56. The Morgan fingerprint density at radius 1 is 1.12 bits per heavy atom. The monoisotopic (exact) mass is 235 g/mol. The van der Waals surface area contributed by atoms with Gasteiger partial charge < -0.3 is 5.32 Å². The normalized spacial score (nSPS) is 13.2. The number of anilines is 1. The summed E-state index contributed by atoms with van der Waals surface area (Å²) in [5.74, 6) is 1.89. The maximum Gasteiger partial charge on any atom is 0.223 e. The molecule has 1 rings (SSSR count). The lowest BCUT2D eigenvalue weighted by molar-refractivity contribution is 0.537. The second-order valence-electron chi connectivity index (χ2n) is 5.59. The molecule has 0 radical (unpaired) electrons. The van der Waals surface area contributed by atoms with Gasteiger partial charge in [-0.2, -0.15) is 0 Å². The number of aromatic nitrogens is 2. The molecule has 0 aliphatic carbocycles. The van der Waals surface area contributed by atoms with Gasteiger partial charge in [-0.25, -0.2) is 9.97 Å². The van der Waals surface area contributed by atoms with Gasteiger partial charge in [-0.1, -0.05) is 27.7 Å². The summed E-state index contributed by atoms with van der Waals surface area (Å²) in [6.45, 7) is 13.0. The molecule has 0 spiro atoms. The molecule has 0 bridgehead atoms. The Morgan fingerprint density at radius 2 is 1.76 bits per heavy atom. The smallest absolute Gasteiger partial charge is 0.223 e. The van der Waals surface area contributed by atoms with Gasteiger partial charge in [0.2, 0.25) is 5.95 Å². The summed E-state index contributed by atoms with van der Waals surface area (Å²) >= 11 is 0. The molecule has 0 saturated heterocycles. The quantitative estimate of drug-likeness (QED) is 0.844. The van der Waals surface area contributed by atoms with Crippen molar-refractivity contribution in [3.8, 4) is 0 Å². The third-order valence-electron chi connectivity index (χ3n) is 2.67. The molecule has 96 valence electrons. The van der Waals surface area contributed by atoms with Crippen LogP contribution in [0.3, 0.4) is 0 Å². The highest BCUT2D eigenvalue weighted by Crippen LogP contribution is 2.16. The minimum Gasteiger partial charge on any atom is -0.352 e. The Bertz CT molecular complexity index is 358. The van der Waals surface area contributed by atoms with Crippen LogP contribution < -0.4 is 5.32 Å². The van der Waals surface area contributed by atoms with E-state index in [1.54, 1.807) is 0 Å². The first-order valence-corrected chi connectivity index (χ1v) is 6.50. The maximum absolute atomic E-state index is 4.56. The Balaban J connectivity index is 2.77. The Morgan fingerprint density at radius 3 is 2.29 bits per heavy atom. The lowest BCUT2D eigenvalue weighted by atomic mass is 10.1. The van der Waals surface area contributed by atoms with Crippen LogP contribution in [-0.4, -0.2) is 16.0 Å². The van der Waals surface area contributed by atoms with Gasteiger partial charge in [0.15, 0.2) is 0 Å². The van der Waals surface area contributed by atoms with Crippen LogP contribution in [0.5, 0.6) is 0 Å². The molecule has 0 saturated carbocycles. The van der Waals surface area contributed by atoms with E-state index in [2.05, 4.69) is 56.0 Å². The largest absolute Gasteiger partial charge is 0.352 e. The molecule has 17 heavy (non-hydrogen) atoms. The lowest BCUT2D eigenvalue weighted by Crippen LogP contribution is -2.19. The molecule has 1 atom stereocenters. The van der Waals surface area contributed by atoms with Crippen LogP contribution >= 0.6 is 0 Å². The molecule has 1 N–H and O–H groups in total. The number of aryl methyl sites for hydroxylation is 1. The zero-order valence-corrected chi connectivity index (χ0v) is 11.9. The first kappa shape index (κ1) is 13.9. The fourth-order valence-corrected chi connectivity index (χ4v) is 1.94. The third-order valence-corrected chi connectivity index (χ3v) is 2.67. The molecule has 3 heteroatoms. The van der Waals surface area contributed by atoms with Gasteiger partial charge in [0, 0.05) is 17.4 Å². The SMILES string of the molecule is Cc1cc(C(C)C)nc(NC(C)CC(C)C)n1. The van der Waals surface area contributed by atoms with Crippen LogP contribution in [0.15, 0.2) is 6.07 Å². The molecule has 1 aromatic rings. The number of nitrogens with zero attached hydrogens (tertiary/aromatic N) is 2. The van der Waals surface area contributed by atoms with Gasteiger partial charge in [0.1, 0.15) is 0 Å². The second kappa shape index (κ2) is 5.99. The molecule has 0 aliphatic rings. The molecule has 1 aromatic heterocycles. The van der Waals surface area contributed by atoms with Crippen LogP contribution in [0, 0.1) is 12.8 Å². The number of rotatable bonds is 5. The Hall–Kier alpha value is -1.12. The van der Waals surface area contributed by atoms with Crippen LogP contribution in [-0.2, 0) is 0 Å². The Kier molecular flexibility index (Phi) is 4.91. The van der Waals surface area contributed by atoms with Gasteiger partial charge in [0.25, 0.3) is 0 Å². The summed E-state index contributed by atoms with van der Waals surface area (Å²) in [5.41, 5.74) is 2.14. The first-order valence-electron chi connectivity index (χ1n) is 6.50.